The van der Waals surface area contributed by atoms with E-state index >= 15 is 0 Å². The van der Waals surface area contributed by atoms with E-state index in [9.17, 15) is 9.59 Å². The van der Waals surface area contributed by atoms with E-state index in [2.05, 4.69) is 22.2 Å². The first-order valence-corrected chi connectivity index (χ1v) is 8.82. The minimum absolute atomic E-state index is 0.150. The van der Waals surface area contributed by atoms with Gasteiger partial charge in [-0.3, -0.25) is 9.59 Å². The van der Waals surface area contributed by atoms with Crippen molar-refractivity contribution in [1.82, 2.24) is 9.97 Å². The normalized spacial score (nSPS) is 16.4. The molecule has 3 rings (SSSR count). The summed E-state index contributed by atoms with van der Waals surface area (Å²) >= 11 is 1.47. The van der Waals surface area contributed by atoms with E-state index in [4.69, 9.17) is 4.74 Å². The average molecular weight is 345 g/mol. The number of rotatable bonds is 5. The third-order valence-corrected chi connectivity index (χ3v) is 4.97. The van der Waals surface area contributed by atoms with Crippen LogP contribution in [0, 0.1) is 0 Å². The number of methoxy groups -OCH3 is 1. The monoisotopic (exact) mass is 345 g/mol. The van der Waals surface area contributed by atoms with Gasteiger partial charge in [-0.2, -0.15) is 0 Å². The first kappa shape index (κ1) is 16.6. The van der Waals surface area contributed by atoms with Crippen molar-refractivity contribution in [3.8, 4) is 5.75 Å². The molecular formula is C17H19N3O3S. The highest BCUT2D eigenvalue weighted by Crippen LogP contribution is 2.38. The van der Waals surface area contributed by atoms with Crippen molar-refractivity contribution in [3.05, 3.63) is 45.7 Å². The van der Waals surface area contributed by atoms with Crippen LogP contribution in [0.3, 0.4) is 0 Å². The molecule has 126 valence electrons. The summed E-state index contributed by atoms with van der Waals surface area (Å²) in [6.45, 7) is 2.06. The van der Waals surface area contributed by atoms with Crippen molar-refractivity contribution in [2.45, 2.75) is 30.8 Å². The van der Waals surface area contributed by atoms with Crippen LogP contribution in [-0.2, 0) is 4.79 Å². The fourth-order valence-corrected chi connectivity index (χ4v) is 3.56. The van der Waals surface area contributed by atoms with E-state index in [1.807, 2.05) is 24.3 Å². The maximum Gasteiger partial charge on any atom is 0.257 e. The summed E-state index contributed by atoms with van der Waals surface area (Å²) in [5.74, 6) is 1.34. The zero-order valence-electron chi connectivity index (χ0n) is 13.6. The largest absolute Gasteiger partial charge is 0.496 e. The molecule has 0 radical (unpaired) electrons. The summed E-state index contributed by atoms with van der Waals surface area (Å²) in [4.78, 5) is 32.0. The number of hydrogen-bond acceptors (Lipinski definition) is 5. The van der Waals surface area contributed by atoms with Crippen molar-refractivity contribution in [2.24, 2.45) is 0 Å². The number of ether oxygens (including phenoxy) is 1. The zero-order valence-corrected chi connectivity index (χ0v) is 14.4. The van der Waals surface area contributed by atoms with Crippen molar-refractivity contribution in [2.75, 3.05) is 18.2 Å². The Bertz CT molecular complexity index is 819. The number of fused-ring (bicyclic) bond motifs is 1. The summed E-state index contributed by atoms with van der Waals surface area (Å²) in [5, 5.41) is 3.26. The van der Waals surface area contributed by atoms with Gasteiger partial charge in [0.15, 0.2) is 5.16 Å². The molecule has 0 fully saturated rings. The molecule has 0 bridgehead atoms. The molecule has 0 saturated carbocycles. The molecule has 7 heteroatoms. The molecule has 1 amide bonds. The molecule has 0 saturated heterocycles. The van der Waals surface area contributed by atoms with Gasteiger partial charge in [0.25, 0.3) is 5.56 Å². The second kappa shape index (κ2) is 7.09. The van der Waals surface area contributed by atoms with Gasteiger partial charge in [-0.05, 0) is 12.5 Å². The number of nitrogens with zero attached hydrogens (tertiary/aromatic N) is 1. The number of anilines is 1. The van der Waals surface area contributed by atoms with E-state index in [1.165, 1.54) is 11.8 Å². The van der Waals surface area contributed by atoms with Gasteiger partial charge in [0.05, 0.1) is 12.7 Å². The van der Waals surface area contributed by atoms with Crippen molar-refractivity contribution < 1.29 is 9.53 Å². The SMILES string of the molecule is CCCSc1nc2c(c(=O)[nH]1)[C@@H](c1ccccc1OC)CC(=O)N2. The van der Waals surface area contributed by atoms with Gasteiger partial charge in [-0.1, -0.05) is 36.9 Å². The van der Waals surface area contributed by atoms with E-state index in [0.717, 1.165) is 17.7 Å². The van der Waals surface area contributed by atoms with Gasteiger partial charge in [0, 0.05) is 23.7 Å². The number of aromatic nitrogens is 2. The Hall–Kier alpha value is -2.28. The van der Waals surface area contributed by atoms with Crippen LogP contribution in [0.25, 0.3) is 0 Å². The predicted molar refractivity (Wildman–Crippen MR) is 94.0 cm³/mol. The Labute approximate surface area is 144 Å². The van der Waals surface area contributed by atoms with Gasteiger partial charge in [-0.15, -0.1) is 0 Å². The molecular weight excluding hydrogens is 326 g/mol. The van der Waals surface area contributed by atoms with Crippen LogP contribution in [0.5, 0.6) is 5.75 Å². The number of aromatic amines is 1. The number of benzene rings is 1. The molecule has 1 aliphatic rings. The van der Waals surface area contributed by atoms with Crippen LogP contribution in [0.4, 0.5) is 5.82 Å². The van der Waals surface area contributed by atoms with Crippen LogP contribution < -0.4 is 15.6 Å². The van der Waals surface area contributed by atoms with E-state index in [0.29, 0.717) is 22.3 Å². The first-order chi connectivity index (χ1) is 11.6. The number of hydrogen-bond donors (Lipinski definition) is 2. The highest BCUT2D eigenvalue weighted by Gasteiger charge is 2.32. The quantitative estimate of drug-likeness (QED) is 0.643. The van der Waals surface area contributed by atoms with Gasteiger partial charge in [0.1, 0.15) is 11.6 Å². The minimum atomic E-state index is -0.369. The molecule has 0 aliphatic carbocycles. The molecule has 1 atom stereocenters. The third kappa shape index (κ3) is 3.17. The maximum absolute atomic E-state index is 12.6. The minimum Gasteiger partial charge on any atom is -0.496 e. The number of H-pyrrole nitrogens is 1. The highest BCUT2D eigenvalue weighted by molar-refractivity contribution is 7.99. The van der Waals surface area contributed by atoms with Crippen molar-refractivity contribution in [1.29, 1.82) is 0 Å². The Balaban J connectivity index is 2.10. The molecule has 0 spiro atoms. The predicted octanol–water partition coefficient (Wildman–Crippen LogP) is 2.75. The van der Waals surface area contributed by atoms with E-state index < -0.39 is 0 Å². The molecule has 2 aromatic rings. The van der Waals surface area contributed by atoms with E-state index in [1.54, 1.807) is 7.11 Å². The average Bonchev–Trinajstić information content (AvgIpc) is 2.58. The van der Waals surface area contributed by atoms with Gasteiger partial charge in [-0.25, -0.2) is 4.98 Å². The lowest BCUT2D eigenvalue weighted by atomic mass is 9.86. The topological polar surface area (TPSA) is 84.1 Å². The molecule has 2 N–H and O–H groups in total. The second-order valence-corrected chi connectivity index (χ2v) is 6.61. The van der Waals surface area contributed by atoms with Crippen LogP contribution in [0.15, 0.2) is 34.2 Å². The second-order valence-electron chi connectivity index (χ2n) is 5.53. The lowest BCUT2D eigenvalue weighted by Gasteiger charge is -2.25. The Morgan fingerprint density at radius 2 is 2.12 bits per heavy atom. The number of nitrogens with one attached hydrogen (secondary N) is 2. The van der Waals surface area contributed by atoms with Gasteiger partial charge in [0.2, 0.25) is 5.91 Å². The lowest BCUT2D eigenvalue weighted by Crippen LogP contribution is -2.31. The van der Waals surface area contributed by atoms with Crippen LogP contribution in [-0.4, -0.2) is 28.7 Å². The van der Waals surface area contributed by atoms with Gasteiger partial charge >= 0.3 is 0 Å². The molecule has 6 nitrogen and oxygen atoms in total. The fraction of sp³-hybridized carbons (Fsp3) is 0.353. The Morgan fingerprint density at radius 3 is 2.88 bits per heavy atom. The summed E-state index contributed by atoms with van der Waals surface area (Å²) in [7, 11) is 1.58. The fourth-order valence-electron chi connectivity index (χ4n) is 2.84. The smallest absolute Gasteiger partial charge is 0.257 e. The van der Waals surface area contributed by atoms with Crippen LogP contribution in [0.1, 0.15) is 36.8 Å². The zero-order chi connectivity index (χ0) is 17.1. The molecule has 0 unspecified atom stereocenters. The summed E-state index contributed by atoms with van der Waals surface area (Å²) in [6, 6.07) is 7.44. The van der Waals surface area contributed by atoms with E-state index in [-0.39, 0.29) is 23.8 Å². The number of carbonyl (C=O) groups is 1. The number of carbonyl (C=O) groups excluding carboxylic acids is 1. The third-order valence-electron chi connectivity index (χ3n) is 3.89. The highest BCUT2D eigenvalue weighted by atomic mass is 32.2. The molecule has 1 aromatic heterocycles. The standard InChI is InChI=1S/C17H19N3O3S/c1-3-8-24-17-19-15-14(16(22)20-17)11(9-13(21)18-15)10-6-4-5-7-12(10)23-2/h4-7,11H,3,8-9H2,1-2H3,(H2,18,19,20,21,22)/t11-/m1/s1. The molecule has 2 heterocycles. The maximum atomic E-state index is 12.6. The van der Waals surface area contributed by atoms with Crippen LogP contribution >= 0.6 is 11.8 Å². The number of para-hydroxylation sites is 1. The molecule has 1 aromatic carbocycles. The van der Waals surface area contributed by atoms with Crippen molar-refractivity contribution in [3.63, 3.8) is 0 Å². The molecule has 24 heavy (non-hydrogen) atoms. The van der Waals surface area contributed by atoms with Gasteiger partial charge < -0.3 is 15.0 Å². The Morgan fingerprint density at radius 1 is 1.33 bits per heavy atom. The van der Waals surface area contributed by atoms with Crippen molar-refractivity contribution >= 4 is 23.5 Å². The summed E-state index contributed by atoms with van der Waals surface area (Å²) < 4.78 is 5.40. The number of thioether (sulfide) groups is 1. The summed E-state index contributed by atoms with van der Waals surface area (Å²) in [6.07, 6.45) is 1.17. The summed E-state index contributed by atoms with van der Waals surface area (Å²) in [5.41, 5.74) is 1.09. The number of amides is 1. The first-order valence-electron chi connectivity index (χ1n) is 7.83. The lowest BCUT2D eigenvalue weighted by molar-refractivity contribution is -0.116. The Kier molecular flexibility index (Phi) is 4.89. The van der Waals surface area contributed by atoms with Crippen LogP contribution in [0.2, 0.25) is 0 Å². The molecule has 1 aliphatic heterocycles.